The molecule has 0 aliphatic heterocycles. The molecule has 1 amide bonds. The van der Waals surface area contributed by atoms with Crippen LogP contribution in [0.4, 0.5) is 4.39 Å². The molecule has 0 spiro atoms. The van der Waals surface area contributed by atoms with Crippen molar-refractivity contribution in [2.24, 2.45) is 5.84 Å². The molecule has 5 nitrogen and oxygen atoms in total. The second-order valence-electron chi connectivity index (χ2n) is 3.64. The lowest BCUT2D eigenvalue weighted by Crippen LogP contribution is -2.30. The molecule has 0 fully saturated rings. The fourth-order valence-electron chi connectivity index (χ4n) is 1.52. The monoisotopic (exact) mass is 268 g/mol. The number of hydrogen-bond acceptors (Lipinski definition) is 3. The lowest BCUT2D eigenvalue weighted by molar-refractivity contribution is 0.0953. The van der Waals surface area contributed by atoms with E-state index in [2.05, 4.69) is 5.10 Å². The zero-order valence-electron chi connectivity index (χ0n) is 9.23. The van der Waals surface area contributed by atoms with Crippen LogP contribution >= 0.6 is 11.6 Å². The summed E-state index contributed by atoms with van der Waals surface area (Å²) in [5.41, 5.74) is 2.60. The van der Waals surface area contributed by atoms with Gasteiger partial charge >= 0.3 is 0 Å². The number of benzene rings is 1. The highest BCUT2D eigenvalue weighted by atomic mass is 35.5. The van der Waals surface area contributed by atoms with Crippen molar-refractivity contribution in [1.29, 1.82) is 0 Å². The Bertz CT molecular complexity index is 584. The van der Waals surface area contributed by atoms with E-state index in [9.17, 15) is 9.18 Å². The molecule has 2 aromatic rings. The largest absolute Gasteiger partial charge is 0.290 e. The molecule has 94 valence electrons. The lowest BCUT2D eigenvalue weighted by atomic mass is 10.1. The van der Waals surface area contributed by atoms with Gasteiger partial charge in [-0.3, -0.25) is 14.9 Å². The Balaban J connectivity index is 2.29. The van der Waals surface area contributed by atoms with Crippen LogP contribution in [0.5, 0.6) is 0 Å². The Morgan fingerprint density at radius 3 is 2.94 bits per heavy atom. The summed E-state index contributed by atoms with van der Waals surface area (Å²) in [6.07, 6.45) is 3.02. The SMILES string of the molecule is NNC(=O)c1ccc(F)c(Cn2cc(Cl)cn2)c1. The highest BCUT2D eigenvalue weighted by Gasteiger charge is 2.09. The molecule has 0 saturated heterocycles. The first-order valence-corrected chi connectivity index (χ1v) is 5.45. The fraction of sp³-hybridized carbons (Fsp3) is 0.0909. The predicted molar refractivity (Wildman–Crippen MR) is 64.4 cm³/mol. The van der Waals surface area contributed by atoms with E-state index in [1.165, 1.54) is 29.1 Å². The number of carbonyl (C=O) groups is 1. The quantitative estimate of drug-likeness (QED) is 0.501. The van der Waals surface area contributed by atoms with Crippen molar-refractivity contribution in [1.82, 2.24) is 15.2 Å². The first-order valence-electron chi connectivity index (χ1n) is 5.07. The van der Waals surface area contributed by atoms with Gasteiger partial charge in [0.25, 0.3) is 5.91 Å². The van der Waals surface area contributed by atoms with Gasteiger partial charge in [0.15, 0.2) is 0 Å². The maximum atomic E-state index is 13.6. The van der Waals surface area contributed by atoms with Gasteiger partial charge in [-0.15, -0.1) is 0 Å². The molecule has 0 bridgehead atoms. The average Bonchev–Trinajstić information content (AvgIpc) is 2.76. The van der Waals surface area contributed by atoms with Crippen LogP contribution in [0.3, 0.4) is 0 Å². The van der Waals surface area contributed by atoms with Gasteiger partial charge in [0, 0.05) is 17.3 Å². The van der Waals surface area contributed by atoms with Gasteiger partial charge in [-0.2, -0.15) is 5.10 Å². The van der Waals surface area contributed by atoms with E-state index in [0.29, 0.717) is 10.6 Å². The van der Waals surface area contributed by atoms with E-state index in [4.69, 9.17) is 17.4 Å². The minimum Gasteiger partial charge on any atom is -0.290 e. The molecule has 1 aromatic carbocycles. The molecule has 0 unspecified atom stereocenters. The summed E-state index contributed by atoms with van der Waals surface area (Å²) in [6, 6.07) is 4.00. The maximum Gasteiger partial charge on any atom is 0.265 e. The van der Waals surface area contributed by atoms with Crippen LogP contribution in [0.15, 0.2) is 30.6 Å². The number of nitrogens with two attached hydrogens (primary N) is 1. The van der Waals surface area contributed by atoms with Gasteiger partial charge in [-0.25, -0.2) is 10.2 Å². The van der Waals surface area contributed by atoms with Gasteiger partial charge < -0.3 is 0 Å². The first-order chi connectivity index (χ1) is 8.60. The van der Waals surface area contributed by atoms with Gasteiger partial charge in [-0.1, -0.05) is 11.6 Å². The van der Waals surface area contributed by atoms with Crippen molar-refractivity contribution in [3.63, 3.8) is 0 Å². The molecule has 18 heavy (non-hydrogen) atoms. The third kappa shape index (κ3) is 2.66. The summed E-state index contributed by atoms with van der Waals surface area (Å²) in [4.78, 5) is 11.3. The van der Waals surface area contributed by atoms with Crippen molar-refractivity contribution in [2.45, 2.75) is 6.54 Å². The van der Waals surface area contributed by atoms with Crippen molar-refractivity contribution in [3.05, 3.63) is 52.6 Å². The van der Waals surface area contributed by atoms with Crippen LogP contribution in [-0.2, 0) is 6.54 Å². The summed E-state index contributed by atoms with van der Waals surface area (Å²) in [5, 5.41) is 4.40. The summed E-state index contributed by atoms with van der Waals surface area (Å²) >= 11 is 5.71. The molecular formula is C11H10ClFN4O. The zero-order chi connectivity index (χ0) is 13.1. The molecule has 2 rings (SSSR count). The smallest absolute Gasteiger partial charge is 0.265 e. The highest BCUT2D eigenvalue weighted by molar-refractivity contribution is 6.30. The van der Waals surface area contributed by atoms with Crippen LogP contribution < -0.4 is 11.3 Å². The fourth-order valence-corrected chi connectivity index (χ4v) is 1.68. The summed E-state index contributed by atoms with van der Waals surface area (Å²) < 4.78 is 15.1. The number of carbonyl (C=O) groups excluding carboxylic acids is 1. The van der Waals surface area contributed by atoms with Crippen LogP contribution in [-0.4, -0.2) is 15.7 Å². The third-order valence-electron chi connectivity index (χ3n) is 2.37. The normalized spacial score (nSPS) is 10.4. The minimum atomic E-state index is -0.477. The van der Waals surface area contributed by atoms with Gasteiger partial charge in [0.1, 0.15) is 5.82 Å². The molecule has 0 aliphatic carbocycles. The van der Waals surface area contributed by atoms with Crippen molar-refractivity contribution < 1.29 is 9.18 Å². The first kappa shape index (κ1) is 12.5. The Labute approximate surface area is 107 Å². The van der Waals surface area contributed by atoms with Crippen LogP contribution in [0.1, 0.15) is 15.9 Å². The number of nitrogens with zero attached hydrogens (tertiary/aromatic N) is 2. The number of halogens is 2. The summed E-state index contributed by atoms with van der Waals surface area (Å²) in [7, 11) is 0. The topological polar surface area (TPSA) is 72.9 Å². The second kappa shape index (κ2) is 5.16. The number of hydrogen-bond donors (Lipinski definition) is 2. The zero-order valence-corrected chi connectivity index (χ0v) is 9.99. The Kier molecular flexibility index (Phi) is 3.59. The van der Waals surface area contributed by atoms with E-state index in [1.54, 1.807) is 6.20 Å². The van der Waals surface area contributed by atoms with Crippen LogP contribution in [0.2, 0.25) is 5.02 Å². The number of hydrazine groups is 1. The number of rotatable bonds is 3. The molecule has 0 aliphatic rings. The number of nitrogen functional groups attached to an aromatic ring is 1. The van der Waals surface area contributed by atoms with Gasteiger partial charge in [0.2, 0.25) is 0 Å². The van der Waals surface area contributed by atoms with E-state index < -0.39 is 11.7 Å². The molecule has 0 atom stereocenters. The Hall–Kier alpha value is -1.92. The van der Waals surface area contributed by atoms with Crippen molar-refractivity contribution in [2.75, 3.05) is 0 Å². The van der Waals surface area contributed by atoms with Gasteiger partial charge in [-0.05, 0) is 18.2 Å². The number of aromatic nitrogens is 2. The van der Waals surface area contributed by atoms with E-state index in [-0.39, 0.29) is 12.1 Å². The van der Waals surface area contributed by atoms with E-state index in [1.807, 2.05) is 5.43 Å². The molecular weight excluding hydrogens is 259 g/mol. The maximum absolute atomic E-state index is 13.6. The number of amides is 1. The standard InChI is InChI=1S/C11H10ClFN4O/c12-9-4-15-17(6-9)5-8-3-7(11(18)16-14)1-2-10(8)13/h1-4,6H,5,14H2,(H,16,18). The predicted octanol–water partition coefficient (Wildman–Crippen LogP) is 1.33. The Morgan fingerprint density at radius 2 is 2.33 bits per heavy atom. The average molecular weight is 269 g/mol. The molecule has 0 saturated carbocycles. The molecule has 0 radical (unpaired) electrons. The minimum absolute atomic E-state index is 0.185. The van der Waals surface area contributed by atoms with Gasteiger partial charge in [0.05, 0.1) is 17.8 Å². The summed E-state index contributed by atoms with van der Waals surface area (Å²) in [5.74, 6) is 4.12. The molecule has 1 aromatic heterocycles. The molecule has 7 heteroatoms. The van der Waals surface area contributed by atoms with Crippen LogP contribution in [0.25, 0.3) is 0 Å². The van der Waals surface area contributed by atoms with E-state index >= 15 is 0 Å². The second-order valence-corrected chi connectivity index (χ2v) is 4.07. The molecule has 3 N–H and O–H groups in total. The molecule has 1 heterocycles. The lowest BCUT2D eigenvalue weighted by Gasteiger charge is -2.06. The van der Waals surface area contributed by atoms with Crippen LogP contribution in [0, 0.1) is 5.82 Å². The third-order valence-corrected chi connectivity index (χ3v) is 2.57. The number of nitrogens with one attached hydrogen (secondary N) is 1. The van der Waals surface area contributed by atoms with Crippen molar-refractivity contribution >= 4 is 17.5 Å². The van der Waals surface area contributed by atoms with Crippen molar-refractivity contribution in [3.8, 4) is 0 Å². The Morgan fingerprint density at radius 1 is 1.56 bits per heavy atom. The van der Waals surface area contributed by atoms with E-state index in [0.717, 1.165) is 0 Å². The summed E-state index contributed by atoms with van der Waals surface area (Å²) in [6.45, 7) is 0.185. The highest BCUT2D eigenvalue weighted by Crippen LogP contribution is 2.13.